The number of hydrogen-bond acceptors (Lipinski definition) is 2. The Morgan fingerprint density at radius 2 is 2.00 bits per heavy atom. The lowest BCUT2D eigenvalue weighted by Crippen LogP contribution is -2.23. The highest BCUT2D eigenvalue weighted by Gasteiger charge is 2.14. The fourth-order valence-corrected chi connectivity index (χ4v) is 1.88. The third-order valence-electron chi connectivity index (χ3n) is 3.14. The summed E-state index contributed by atoms with van der Waals surface area (Å²) in [6.45, 7) is 7.88. The summed E-state index contributed by atoms with van der Waals surface area (Å²) >= 11 is 6.06. The molecule has 0 aliphatic rings. The third kappa shape index (κ3) is 5.28. The van der Waals surface area contributed by atoms with Gasteiger partial charge in [0.1, 0.15) is 5.75 Å². The van der Waals surface area contributed by atoms with Crippen LogP contribution in [0.2, 0.25) is 5.02 Å². The zero-order valence-electron chi connectivity index (χ0n) is 11.6. The van der Waals surface area contributed by atoms with Crippen molar-refractivity contribution in [2.75, 3.05) is 13.2 Å². The van der Waals surface area contributed by atoms with Crippen molar-refractivity contribution in [2.45, 2.75) is 40.0 Å². The van der Waals surface area contributed by atoms with Gasteiger partial charge in [0.15, 0.2) is 0 Å². The van der Waals surface area contributed by atoms with Crippen molar-refractivity contribution >= 4 is 11.6 Å². The van der Waals surface area contributed by atoms with Crippen LogP contribution >= 0.6 is 11.6 Å². The number of benzene rings is 1. The van der Waals surface area contributed by atoms with Gasteiger partial charge in [-0.15, -0.1) is 0 Å². The first-order valence-electron chi connectivity index (χ1n) is 6.54. The van der Waals surface area contributed by atoms with E-state index in [2.05, 4.69) is 13.8 Å². The predicted molar refractivity (Wildman–Crippen MR) is 78.4 cm³/mol. The molecule has 18 heavy (non-hydrogen) atoms. The number of hydrogen-bond donors (Lipinski definition) is 1. The Labute approximate surface area is 115 Å². The van der Waals surface area contributed by atoms with E-state index in [1.165, 1.54) is 5.56 Å². The molecule has 0 bridgehead atoms. The minimum atomic E-state index is 0.237. The van der Waals surface area contributed by atoms with Gasteiger partial charge in [-0.3, -0.25) is 0 Å². The summed E-state index contributed by atoms with van der Waals surface area (Å²) < 4.78 is 5.70. The highest BCUT2D eigenvalue weighted by molar-refractivity contribution is 6.32. The summed E-state index contributed by atoms with van der Waals surface area (Å²) in [4.78, 5) is 0. The molecule has 0 saturated heterocycles. The molecule has 1 aromatic rings. The fraction of sp³-hybridized carbons (Fsp3) is 0.600. The highest BCUT2D eigenvalue weighted by atomic mass is 35.5. The number of halogens is 1. The standard InChI is InChI=1S/C15H24ClNO/c1-12-6-7-13(16)14(10-12)18-9-5-4-8-15(2,3)11-17/h6-7,10H,4-5,8-9,11,17H2,1-3H3. The van der Waals surface area contributed by atoms with Crippen LogP contribution in [0.4, 0.5) is 0 Å². The molecule has 0 atom stereocenters. The van der Waals surface area contributed by atoms with E-state index in [1.54, 1.807) is 0 Å². The largest absolute Gasteiger partial charge is 0.492 e. The van der Waals surface area contributed by atoms with Gasteiger partial charge in [0.2, 0.25) is 0 Å². The monoisotopic (exact) mass is 269 g/mol. The summed E-state index contributed by atoms with van der Waals surface area (Å²) in [6, 6.07) is 5.84. The Balaban J connectivity index is 2.28. The number of ether oxygens (including phenoxy) is 1. The second-order valence-corrected chi connectivity index (χ2v) is 6.01. The first-order valence-corrected chi connectivity index (χ1v) is 6.91. The molecular weight excluding hydrogens is 246 g/mol. The van der Waals surface area contributed by atoms with E-state index in [0.29, 0.717) is 11.6 Å². The maximum Gasteiger partial charge on any atom is 0.138 e. The molecule has 1 aromatic carbocycles. The van der Waals surface area contributed by atoms with Crippen molar-refractivity contribution < 1.29 is 4.74 Å². The average Bonchev–Trinajstić information content (AvgIpc) is 2.33. The van der Waals surface area contributed by atoms with Crippen LogP contribution < -0.4 is 10.5 Å². The zero-order valence-corrected chi connectivity index (χ0v) is 12.4. The van der Waals surface area contributed by atoms with E-state index in [4.69, 9.17) is 22.1 Å². The van der Waals surface area contributed by atoms with Crippen LogP contribution in [-0.4, -0.2) is 13.2 Å². The van der Waals surface area contributed by atoms with Crippen molar-refractivity contribution in [2.24, 2.45) is 11.1 Å². The first-order chi connectivity index (χ1) is 8.44. The Morgan fingerprint density at radius 3 is 2.67 bits per heavy atom. The molecular formula is C15H24ClNO. The van der Waals surface area contributed by atoms with Crippen molar-refractivity contribution in [3.05, 3.63) is 28.8 Å². The fourth-order valence-electron chi connectivity index (χ4n) is 1.71. The molecule has 0 heterocycles. The van der Waals surface area contributed by atoms with E-state index in [0.717, 1.165) is 31.6 Å². The lowest BCUT2D eigenvalue weighted by atomic mass is 9.87. The Kier molecular flexibility index (Phi) is 5.97. The van der Waals surface area contributed by atoms with Gasteiger partial charge in [-0.1, -0.05) is 31.5 Å². The normalized spacial score (nSPS) is 11.6. The van der Waals surface area contributed by atoms with Crippen LogP contribution in [0.15, 0.2) is 18.2 Å². The van der Waals surface area contributed by atoms with Crippen LogP contribution in [0.1, 0.15) is 38.7 Å². The Bertz CT molecular complexity index is 377. The number of unbranched alkanes of at least 4 members (excludes halogenated alkanes) is 1. The van der Waals surface area contributed by atoms with Gasteiger partial charge in [0.25, 0.3) is 0 Å². The summed E-state index contributed by atoms with van der Waals surface area (Å²) in [5, 5.41) is 0.683. The van der Waals surface area contributed by atoms with Crippen LogP contribution in [0.5, 0.6) is 5.75 Å². The van der Waals surface area contributed by atoms with Crippen molar-refractivity contribution in [1.29, 1.82) is 0 Å². The minimum Gasteiger partial charge on any atom is -0.492 e. The second-order valence-electron chi connectivity index (χ2n) is 5.61. The Hall–Kier alpha value is -0.730. The van der Waals surface area contributed by atoms with Crippen molar-refractivity contribution in [1.82, 2.24) is 0 Å². The summed E-state index contributed by atoms with van der Waals surface area (Å²) in [5.41, 5.74) is 7.10. The maximum atomic E-state index is 6.06. The van der Waals surface area contributed by atoms with Crippen molar-refractivity contribution in [3.8, 4) is 5.75 Å². The van der Waals surface area contributed by atoms with E-state index in [1.807, 2.05) is 25.1 Å². The van der Waals surface area contributed by atoms with E-state index in [-0.39, 0.29) is 5.41 Å². The molecule has 102 valence electrons. The molecule has 0 saturated carbocycles. The highest BCUT2D eigenvalue weighted by Crippen LogP contribution is 2.26. The molecule has 0 spiro atoms. The molecule has 0 unspecified atom stereocenters. The molecule has 0 fully saturated rings. The SMILES string of the molecule is Cc1ccc(Cl)c(OCCCCC(C)(C)CN)c1. The third-order valence-corrected chi connectivity index (χ3v) is 3.46. The van der Waals surface area contributed by atoms with Gasteiger partial charge in [-0.2, -0.15) is 0 Å². The second kappa shape index (κ2) is 7.01. The summed E-state index contributed by atoms with van der Waals surface area (Å²) in [5.74, 6) is 0.787. The molecule has 0 amide bonds. The molecule has 0 aromatic heterocycles. The topological polar surface area (TPSA) is 35.2 Å². The average molecular weight is 270 g/mol. The molecule has 0 aliphatic heterocycles. The first kappa shape index (κ1) is 15.3. The maximum absolute atomic E-state index is 6.06. The van der Waals surface area contributed by atoms with Gasteiger partial charge < -0.3 is 10.5 Å². The van der Waals surface area contributed by atoms with Gasteiger partial charge in [-0.25, -0.2) is 0 Å². The number of rotatable bonds is 7. The van der Waals surface area contributed by atoms with E-state index < -0.39 is 0 Å². The van der Waals surface area contributed by atoms with Gasteiger partial charge in [-0.05, 0) is 55.8 Å². The summed E-state index contributed by atoms with van der Waals surface area (Å²) in [7, 11) is 0. The molecule has 0 radical (unpaired) electrons. The minimum absolute atomic E-state index is 0.237. The number of aryl methyl sites for hydroxylation is 1. The molecule has 0 aliphatic carbocycles. The lowest BCUT2D eigenvalue weighted by molar-refractivity contribution is 0.279. The zero-order chi connectivity index (χ0) is 13.6. The Morgan fingerprint density at radius 1 is 1.28 bits per heavy atom. The quantitative estimate of drug-likeness (QED) is 0.754. The van der Waals surface area contributed by atoms with Crippen LogP contribution in [0.25, 0.3) is 0 Å². The predicted octanol–water partition coefficient (Wildman–Crippen LogP) is 4.18. The smallest absolute Gasteiger partial charge is 0.138 e. The van der Waals surface area contributed by atoms with Gasteiger partial charge in [0, 0.05) is 0 Å². The van der Waals surface area contributed by atoms with E-state index in [9.17, 15) is 0 Å². The lowest BCUT2D eigenvalue weighted by Gasteiger charge is -2.21. The van der Waals surface area contributed by atoms with E-state index >= 15 is 0 Å². The number of nitrogens with two attached hydrogens (primary N) is 1. The van der Waals surface area contributed by atoms with Crippen LogP contribution in [0.3, 0.4) is 0 Å². The molecule has 2 N–H and O–H groups in total. The van der Waals surface area contributed by atoms with Crippen LogP contribution in [0, 0.1) is 12.3 Å². The van der Waals surface area contributed by atoms with Gasteiger partial charge in [0.05, 0.1) is 11.6 Å². The molecule has 3 heteroatoms. The van der Waals surface area contributed by atoms with Crippen molar-refractivity contribution in [3.63, 3.8) is 0 Å². The molecule has 2 nitrogen and oxygen atoms in total. The van der Waals surface area contributed by atoms with Crippen LogP contribution in [-0.2, 0) is 0 Å². The van der Waals surface area contributed by atoms with Gasteiger partial charge >= 0.3 is 0 Å². The summed E-state index contributed by atoms with van der Waals surface area (Å²) in [6.07, 6.45) is 3.30. The molecule has 1 rings (SSSR count).